The quantitative estimate of drug-likeness (QED) is 0.778. The van der Waals surface area contributed by atoms with Gasteiger partial charge in [-0.05, 0) is 62.6 Å². The molecule has 6 nitrogen and oxygen atoms in total. The number of nitrogens with zero attached hydrogens (tertiary/aromatic N) is 4. The van der Waals surface area contributed by atoms with E-state index in [0.29, 0.717) is 0 Å². The van der Waals surface area contributed by atoms with Crippen molar-refractivity contribution < 1.29 is 9.31 Å². The van der Waals surface area contributed by atoms with E-state index in [4.69, 9.17) is 9.31 Å². The first-order chi connectivity index (χ1) is 9.80. The maximum atomic E-state index is 6.12. The molecule has 1 aromatic heterocycles. The summed E-state index contributed by atoms with van der Waals surface area (Å²) in [6, 6.07) is 6.01. The molecule has 2 aromatic rings. The molecule has 0 N–H and O–H groups in total. The Kier molecular flexibility index (Phi) is 3.14. The molecule has 1 aromatic carbocycles. The van der Waals surface area contributed by atoms with Crippen LogP contribution in [0.15, 0.2) is 24.5 Å². The van der Waals surface area contributed by atoms with Crippen LogP contribution in [0.4, 0.5) is 0 Å². The fraction of sp³-hybridized carbons (Fsp3) is 0.500. The lowest BCUT2D eigenvalue weighted by Gasteiger charge is -2.32. The van der Waals surface area contributed by atoms with Gasteiger partial charge in [-0.1, -0.05) is 11.6 Å². The highest BCUT2D eigenvalue weighted by molar-refractivity contribution is 6.62. The predicted octanol–water partition coefficient (Wildman–Crippen LogP) is 1.27. The smallest absolute Gasteiger partial charge is 0.399 e. The van der Waals surface area contributed by atoms with Crippen LogP contribution >= 0.6 is 0 Å². The number of tetrazole rings is 1. The van der Waals surface area contributed by atoms with Crippen LogP contribution in [0.5, 0.6) is 0 Å². The summed E-state index contributed by atoms with van der Waals surface area (Å²) in [6.07, 6.45) is 1.57. The number of aromatic nitrogens is 4. The van der Waals surface area contributed by atoms with Crippen LogP contribution < -0.4 is 5.46 Å². The Labute approximate surface area is 124 Å². The van der Waals surface area contributed by atoms with Crippen LogP contribution in [0.2, 0.25) is 0 Å². The molecule has 110 valence electrons. The number of hydrogen-bond acceptors (Lipinski definition) is 5. The lowest BCUT2D eigenvalue weighted by molar-refractivity contribution is 0.00578. The summed E-state index contributed by atoms with van der Waals surface area (Å²) in [5.41, 5.74) is 2.30. The third-order valence-electron chi connectivity index (χ3n) is 4.38. The van der Waals surface area contributed by atoms with Crippen LogP contribution in [0.25, 0.3) is 5.69 Å². The van der Waals surface area contributed by atoms with Gasteiger partial charge in [-0.3, -0.25) is 0 Å². The van der Waals surface area contributed by atoms with Gasteiger partial charge in [0.05, 0.1) is 16.9 Å². The van der Waals surface area contributed by atoms with E-state index in [1.807, 2.05) is 52.8 Å². The lowest BCUT2D eigenvalue weighted by Crippen LogP contribution is -2.41. The molecule has 1 aliphatic heterocycles. The molecule has 0 unspecified atom stereocenters. The molecule has 2 heterocycles. The van der Waals surface area contributed by atoms with E-state index < -0.39 is 0 Å². The van der Waals surface area contributed by atoms with Crippen molar-refractivity contribution >= 4 is 12.6 Å². The molecule has 21 heavy (non-hydrogen) atoms. The minimum Gasteiger partial charge on any atom is -0.399 e. The molecule has 3 rings (SSSR count). The number of rotatable bonds is 2. The highest BCUT2D eigenvalue weighted by Gasteiger charge is 2.52. The molecule has 0 atom stereocenters. The normalized spacial score (nSPS) is 20.0. The average Bonchev–Trinajstić information content (AvgIpc) is 2.97. The van der Waals surface area contributed by atoms with Crippen molar-refractivity contribution in [2.45, 2.75) is 45.8 Å². The zero-order chi connectivity index (χ0) is 15.3. The van der Waals surface area contributed by atoms with Crippen LogP contribution in [-0.4, -0.2) is 38.5 Å². The second-order valence-electron chi connectivity index (χ2n) is 6.38. The van der Waals surface area contributed by atoms with E-state index in [-0.39, 0.29) is 18.3 Å². The van der Waals surface area contributed by atoms with E-state index in [0.717, 1.165) is 16.7 Å². The summed E-state index contributed by atoms with van der Waals surface area (Å²) >= 11 is 0. The minimum absolute atomic E-state index is 0.352. The first kappa shape index (κ1) is 14.2. The van der Waals surface area contributed by atoms with Crippen molar-refractivity contribution in [3.8, 4) is 5.69 Å². The third kappa shape index (κ3) is 2.36. The minimum atomic E-state index is -0.383. The third-order valence-corrected chi connectivity index (χ3v) is 4.38. The van der Waals surface area contributed by atoms with Gasteiger partial charge >= 0.3 is 7.12 Å². The highest BCUT2D eigenvalue weighted by atomic mass is 16.7. The summed E-state index contributed by atoms with van der Waals surface area (Å²) < 4.78 is 13.9. The van der Waals surface area contributed by atoms with Gasteiger partial charge in [0.1, 0.15) is 6.33 Å². The van der Waals surface area contributed by atoms with Crippen LogP contribution in [0, 0.1) is 6.92 Å². The SMILES string of the molecule is Cc1ccc(-n2cnnn2)cc1B1OC(C)(C)C(C)(C)O1. The van der Waals surface area contributed by atoms with E-state index in [2.05, 4.69) is 15.5 Å². The van der Waals surface area contributed by atoms with Gasteiger partial charge in [0.25, 0.3) is 0 Å². The zero-order valence-corrected chi connectivity index (χ0v) is 13.0. The Hall–Kier alpha value is -1.73. The largest absolute Gasteiger partial charge is 0.495 e. The van der Waals surface area contributed by atoms with E-state index in [1.165, 1.54) is 0 Å². The first-order valence-corrected chi connectivity index (χ1v) is 7.00. The molecular weight excluding hydrogens is 267 g/mol. The van der Waals surface area contributed by atoms with Crippen molar-refractivity contribution in [3.63, 3.8) is 0 Å². The van der Waals surface area contributed by atoms with Gasteiger partial charge in [-0.15, -0.1) is 5.10 Å². The highest BCUT2D eigenvalue weighted by Crippen LogP contribution is 2.36. The number of aryl methyl sites for hydroxylation is 1. The molecule has 0 amide bonds. The monoisotopic (exact) mass is 286 g/mol. The summed E-state index contributed by atoms with van der Waals surface area (Å²) in [5.74, 6) is 0. The maximum absolute atomic E-state index is 6.12. The molecule has 0 spiro atoms. The molecule has 0 saturated carbocycles. The molecule has 1 fully saturated rings. The fourth-order valence-corrected chi connectivity index (χ4v) is 2.27. The Morgan fingerprint density at radius 1 is 1.10 bits per heavy atom. The fourth-order valence-electron chi connectivity index (χ4n) is 2.27. The van der Waals surface area contributed by atoms with Crippen molar-refractivity contribution in [2.24, 2.45) is 0 Å². The average molecular weight is 286 g/mol. The van der Waals surface area contributed by atoms with E-state index in [9.17, 15) is 0 Å². The van der Waals surface area contributed by atoms with Crippen molar-refractivity contribution in [2.75, 3.05) is 0 Å². The molecule has 1 aliphatic rings. The Bertz CT molecular complexity index is 639. The van der Waals surface area contributed by atoms with Gasteiger partial charge in [-0.2, -0.15) is 0 Å². The van der Waals surface area contributed by atoms with Crippen LogP contribution in [-0.2, 0) is 9.31 Å². The van der Waals surface area contributed by atoms with Gasteiger partial charge in [0.15, 0.2) is 0 Å². The molecular formula is C14H19BN4O2. The molecule has 0 aliphatic carbocycles. The molecule has 1 saturated heterocycles. The van der Waals surface area contributed by atoms with Gasteiger partial charge in [-0.25, -0.2) is 4.68 Å². The lowest BCUT2D eigenvalue weighted by atomic mass is 9.76. The Morgan fingerprint density at radius 3 is 2.33 bits per heavy atom. The van der Waals surface area contributed by atoms with Gasteiger partial charge < -0.3 is 9.31 Å². The van der Waals surface area contributed by atoms with Crippen LogP contribution in [0.1, 0.15) is 33.3 Å². The van der Waals surface area contributed by atoms with Crippen molar-refractivity contribution in [3.05, 3.63) is 30.1 Å². The topological polar surface area (TPSA) is 62.1 Å². The first-order valence-electron chi connectivity index (χ1n) is 7.00. The second-order valence-corrected chi connectivity index (χ2v) is 6.38. The van der Waals surface area contributed by atoms with Crippen molar-refractivity contribution in [1.29, 1.82) is 0 Å². The summed E-state index contributed by atoms with van der Waals surface area (Å²) in [4.78, 5) is 0. The summed E-state index contributed by atoms with van der Waals surface area (Å²) in [6.45, 7) is 10.2. The molecule has 0 bridgehead atoms. The second kappa shape index (κ2) is 4.64. The summed E-state index contributed by atoms with van der Waals surface area (Å²) in [7, 11) is -0.383. The Balaban J connectivity index is 1.98. The number of hydrogen-bond donors (Lipinski definition) is 0. The predicted molar refractivity (Wildman–Crippen MR) is 79.6 cm³/mol. The summed E-state index contributed by atoms with van der Waals surface area (Å²) in [5, 5.41) is 11.2. The molecule has 7 heteroatoms. The number of benzene rings is 1. The Morgan fingerprint density at radius 2 is 1.76 bits per heavy atom. The van der Waals surface area contributed by atoms with Gasteiger partial charge in [0.2, 0.25) is 0 Å². The van der Waals surface area contributed by atoms with E-state index >= 15 is 0 Å². The zero-order valence-electron chi connectivity index (χ0n) is 13.0. The van der Waals surface area contributed by atoms with E-state index in [1.54, 1.807) is 11.0 Å². The maximum Gasteiger partial charge on any atom is 0.495 e. The van der Waals surface area contributed by atoms with Gasteiger partial charge in [0, 0.05) is 0 Å². The standard InChI is InChI=1S/C14H19BN4O2/c1-10-6-7-11(19-9-16-17-18-19)8-12(10)15-20-13(2,3)14(4,5)21-15/h6-9H,1-5H3. The van der Waals surface area contributed by atoms with Crippen molar-refractivity contribution in [1.82, 2.24) is 20.2 Å². The molecule has 0 radical (unpaired) electrons. The van der Waals surface area contributed by atoms with Crippen LogP contribution in [0.3, 0.4) is 0 Å².